The van der Waals surface area contributed by atoms with Gasteiger partial charge in [-0.2, -0.15) is 0 Å². The van der Waals surface area contributed by atoms with Crippen molar-refractivity contribution in [1.29, 1.82) is 0 Å². The molecule has 1 atom stereocenters. The molecular formula is C14H18O4. The minimum absolute atomic E-state index is 0.00628. The van der Waals surface area contributed by atoms with Crippen LogP contribution in [0.15, 0.2) is 24.3 Å². The van der Waals surface area contributed by atoms with E-state index in [1.807, 2.05) is 31.2 Å². The van der Waals surface area contributed by atoms with Gasteiger partial charge in [-0.05, 0) is 24.1 Å². The second kappa shape index (κ2) is 6.79. The lowest BCUT2D eigenvalue weighted by atomic mass is 9.94. The number of carbonyl (C=O) groups is 2. The molecule has 0 spiro atoms. The fraction of sp³-hybridized carbons (Fsp3) is 0.429. The van der Waals surface area contributed by atoms with Gasteiger partial charge in [-0.3, -0.25) is 9.59 Å². The van der Waals surface area contributed by atoms with E-state index in [-0.39, 0.29) is 24.5 Å². The number of hydrogen-bond acceptors (Lipinski definition) is 3. The van der Waals surface area contributed by atoms with Crippen LogP contribution < -0.4 is 4.74 Å². The third kappa shape index (κ3) is 4.57. The van der Waals surface area contributed by atoms with Crippen molar-refractivity contribution in [1.82, 2.24) is 0 Å². The normalized spacial score (nSPS) is 11.9. The topological polar surface area (TPSA) is 63.6 Å². The van der Waals surface area contributed by atoms with Crippen LogP contribution in [0.1, 0.15) is 25.3 Å². The maximum absolute atomic E-state index is 11.7. The fourth-order valence-electron chi connectivity index (χ4n) is 1.71. The zero-order valence-electron chi connectivity index (χ0n) is 10.7. The lowest BCUT2D eigenvalue weighted by Crippen LogP contribution is -2.15. The molecule has 0 aliphatic carbocycles. The quantitative estimate of drug-likeness (QED) is 0.806. The van der Waals surface area contributed by atoms with Gasteiger partial charge in [0, 0.05) is 12.3 Å². The third-order valence-electron chi connectivity index (χ3n) is 2.84. The number of carboxylic acid groups (broad SMARTS) is 1. The molecule has 4 heteroatoms. The summed E-state index contributed by atoms with van der Waals surface area (Å²) in [5.74, 6) is -0.311. The van der Waals surface area contributed by atoms with Gasteiger partial charge in [-0.15, -0.1) is 0 Å². The van der Waals surface area contributed by atoms with Crippen LogP contribution in [0.3, 0.4) is 0 Å². The van der Waals surface area contributed by atoms with E-state index >= 15 is 0 Å². The van der Waals surface area contributed by atoms with E-state index in [9.17, 15) is 9.59 Å². The molecule has 1 aromatic rings. The summed E-state index contributed by atoms with van der Waals surface area (Å²) in [6, 6.07) is 7.53. The largest absolute Gasteiger partial charge is 0.497 e. The molecule has 18 heavy (non-hydrogen) atoms. The van der Waals surface area contributed by atoms with E-state index in [0.29, 0.717) is 6.42 Å². The van der Waals surface area contributed by atoms with Gasteiger partial charge in [0.2, 0.25) is 0 Å². The summed E-state index contributed by atoms with van der Waals surface area (Å²) in [4.78, 5) is 22.1. The standard InChI is InChI=1S/C14H18O4/c1-10(13(15)7-8-14(16)17)9-11-3-5-12(18-2)6-4-11/h3-6,10H,7-9H2,1-2H3,(H,16,17)/t10-/m0/s1. The molecule has 4 nitrogen and oxygen atoms in total. The number of hydrogen-bond donors (Lipinski definition) is 1. The van der Waals surface area contributed by atoms with Gasteiger partial charge in [0.05, 0.1) is 13.5 Å². The molecule has 0 amide bonds. The Morgan fingerprint density at radius 3 is 2.33 bits per heavy atom. The van der Waals surface area contributed by atoms with Crippen molar-refractivity contribution in [2.75, 3.05) is 7.11 Å². The van der Waals surface area contributed by atoms with Crippen molar-refractivity contribution in [2.45, 2.75) is 26.2 Å². The van der Waals surface area contributed by atoms with Crippen LogP contribution in [0.4, 0.5) is 0 Å². The monoisotopic (exact) mass is 250 g/mol. The number of rotatable bonds is 7. The summed E-state index contributed by atoms with van der Waals surface area (Å²) < 4.78 is 5.05. The number of methoxy groups -OCH3 is 1. The van der Waals surface area contributed by atoms with Crippen molar-refractivity contribution in [3.05, 3.63) is 29.8 Å². The van der Waals surface area contributed by atoms with Gasteiger partial charge in [-0.1, -0.05) is 19.1 Å². The SMILES string of the molecule is COc1ccc(C[C@H](C)C(=O)CCC(=O)O)cc1. The fourth-order valence-corrected chi connectivity index (χ4v) is 1.71. The second-order valence-electron chi connectivity index (χ2n) is 4.31. The van der Waals surface area contributed by atoms with Crippen LogP contribution in [0, 0.1) is 5.92 Å². The number of ether oxygens (including phenoxy) is 1. The molecule has 0 bridgehead atoms. The number of Topliss-reactive ketones (excluding diaryl/α,β-unsaturated/α-hetero) is 1. The molecule has 0 aliphatic heterocycles. The van der Waals surface area contributed by atoms with Crippen LogP contribution >= 0.6 is 0 Å². The van der Waals surface area contributed by atoms with Crippen LogP contribution in [-0.2, 0) is 16.0 Å². The maximum Gasteiger partial charge on any atom is 0.303 e. The number of carboxylic acids is 1. The first-order chi connectivity index (χ1) is 8.52. The smallest absolute Gasteiger partial charge is 0.303 e. The molecule has 0 fully saturated rings. The molecule has 0 saturated carbocycles. The molecule has 0 heterocycles. The van der Waals surface area contributed by atoms with E-state index in [2.05, 4.69) is 0 Å². The Balaban J connectivity index is 2.49. The summed E-state index contributed by atoms with van der Waals surface area (Å²) in [6.07, 6.45) is 0.640. The van der Waals surface area contributed by atoms with Crippen LogP contribution in [-0.4, -0.2) is 24.0 Å². The Kier molecular flexibility index (Phi) is 5.36. The molecule has 1 N–H and O–H groups in total. The Labute approximate surface area is 107 Å². The van der Waals surface area contributed by atoms with E-state index in [0.717, 1.165) is 11.3 Å². The average Bonchev–Trinajstić information content (AvgIpc) is 2.36. The summed E-state index contributed by atoms with van der Waals surface area (Å²) in [7, 11) is 1.60. The highest BCUT2D eigenvalue weighted by Gasteiger charge is 2.14. The molecule has 98 valence electrons. The van der Waals surface area contributed by atoms with E-state index < -0.39 is 5.97 Å². The van der Waals surface area contributed by atoms with Gasteiger partial charge in [-0.25, -0.2) is 0 Å². The zero-order chi connectivity index (χ0) is 13.5. The van der Waals surface area contributed by atoms with Gasteiger partial charge < -0.3 is 9.84 Å². The lowest BCUT2D eigenvalue weighted by molar-refractivity contribution is -0.139. The van der Waals surface area contributed by atoms with Gasteiger partial charge >= 0.3 is 5.97 Å². The lowest BCUT2D eigenvalue weighted by Gasteiger charge is -2.10. The molecule has 0 aromatic heterocycles. The van der Waals surface area contributed by atoms with Crippen molar-refractivity contribution in [3.8, 4) is 5.75 Å². The minimum Gasteiger partial charge on any atom is -0.497 e. The Morgan fingerprint density at radius 1 is 1.22 bits per heavy atom. The number of carbonyl (C=O) groups excluding carboxylic acids is 1. The van der Waals surface area contributed by atoms with Crippen molar-refractivity contribution in [2.24, 2.45) is 5.92 Å². The van der Waals surface area contributed by atoms with Gasteiger partial charge in [0.1, 0.15) is 11.5 Å². The summed E-state index contributed by atoms with van der Waals surface area (Å²) in [5, 5.41) is 8.53. The predicted octanol–water partition coefficient (Wildman–Crippen LogP) is 2.31. The highest BCUT2D eigenvalue weighted by molar-refractivity contribution is 5.84. The average molecular weight is 250 g/mol. The van der Waals surface area contributed by atoms with Crippen molar-refractivity contribution < 1.29 is 19.4 Å². The van der Waals surface area contributed by atoms with E-state index in [1.54, 1.807) is 7.11 Å². The molecule has 0 aliphatic rings. The first-order valence-corrected chi connectivity index (χ1v) is 5.90. The molecule has 0 saturated heterocycles. The predicted molar refractivity (Wildman–Crippen MR) is 67.7 cm³/mol. The van der Waals surface area contributed by atoms with Crippen LogP contribution in [0.25, 0.3) is 0 Å². The molecule has 0 radical (unpaired) electrons. The zero-order valence-corrected chi connectivity index (χ0v) is 10.7. The van der Waals surface area contributed by atoms with Gasteiger partial charge in [0.25, 0.3) is 0 Å². The van der Waals surface area contributed by atoms with Crippen molar-refractivity contribution >= 4 is 11.8 Å². The molecular weight excluding hydrogens is 232 g/mol. The van der Waals surface area contributed by atoms with Crippen molar-refractivity contribution in [3.63, 3.8) is 0 Å². The molecule has 1 aromatic carbocycles. The highest BCUT2D eigenvalue weighted by atomic mass is 16.5. The van der Waals surface area contributed by atoms with Gasteiger partial charge in [0.15, 0.2) is 0 Å². The first-order valence-electron chi connectivity index (χ1n) is 5.90. The Bertz CT molecular complexity index is 408. The number of ketones is 1. The first kappa shape index (κ1) is 14.2. The summed E-state index contributed by atoms with van der Waals surface area (Å²) in [5.41, 5.74) is 1.05. The molecule has 0 unspecified atom stereocenters. The maximum atomic E-state index is 11.7. The Hall–Kier alpha value is -1.84. The van der Waals surface area contributed by atoms with Crippen LogP contribution in [0.5, 0.6) is 5.75 Å². The third-order valence-corrected chi connectivity index (χ3v) is 2.84. The minimum atomic E-state index is -0.931. The number of aliphatic carboxylic acids is 1. The van der Waals surface area contributed by atoms with Crippen LogP contribution in [0.2, 0.25) is 0 Å². The molecule has 1 rings (SSSR count). The summed E-state index contributed by atoms with van der Waals surface area (Å²) in [6.45, 7) is 1.83. The second-order valence-corrected chi connectivity index (χ2v) is 4.31. The van der Waals surface area contributed by atoms with E-state index in [1.165, 1.54) is 0 Å². The van der Waals surface area contributed by atoms with E-state index in [4.69, 9.17) is 9.84 Å². The highest BCUT2D eigenvalue weighted by Crippen LogP contribution is 2.16. The Morgan fingerprint density at radius 2 is 1.83 bits per heavy atom. The summed E-state index contributed by atoms with van der Waals surface area (Å²) >= 11 is 0. The number of benzene rings is 1.